The predicted molar refractivity (Wildman–Crippen MR) is 101 cm³/mol. The van der Waals surface area contributed by atoms with Crippen LogP contribution in [0, 0.1) is 18.6 Å². The first-order chi connectivity index (χ1) is 13.5. The van der Waals surface area contributed by atoms with E-state index in [1.165, 1.54) is 18.2 Å². The number of halogens is 2. The molecule has 1 heterocycles. The maximum atomic E-state index is 13.7. The van der Waals surface area contributed by atoms with Gasteiger partial charge in [-0.2, -0.15) is 0 Å². The Balaban J connectivity index is 1.57. The molecule has 4 rings (SSSR count). The van der Waals surface area contributed by atoms with E-state index in [2.05, 4.69) is 0 Å². The lowest BCUT2D eigenvalue weighted by Gasteiger charge is -2.09. The van der Waals surface area contributed by atoms with Crippen LogP contribution in [-0.4, -0.2) is 5.78 Å². The van der Waals surface area contributed by atoms with Gasteiger partial charge in [0, 0.05) is 11.6 Å². The molecule has 3 aromatic carbocycles. The van der Waals surface area contributed by atoms with Crippen molar-refractivity contribution in [2.75, 3.05) is 0 Å². The molecule has 0 N–H and O–H groups in total. The minimum Gasteiger partial charge on any atom is -0.489 e. The number of carbonyl (C=O) groups is 1. The summed E-state index contributed by atoms with van der Waals surface area (Å²) in [6, 6.07) is 15.5. The van der Waals surface area contributed by atoms with Crippen LogP contribution in [0.1, 0.15) is 27.0 Å². The second-order valence-corrected chi connectivity index (χ2v) is 6.48. The van der Waals surface area contributed by atoms with Gasteiger partial charge in [-0.3, -0.25) is 4.79 Å². The molecule has 1 aliphatic heterocycles. The highest BCUT2D eigenvalue weighted by Crippen LogP contribution is 2.37. The van der Waals surface area contributed by atoms with Gasteiger partial charge in [0.2, 0.25) is 5.78 Å². The smallest absolute Gasteiger partial charge is 0.232 e. The third-order valence-corrected chi connectivity index (χ3v) is 4.46. The number of ether oxygens (including phenoxy) is 2. The zero-order valence-corrected chi connectivity index (χ0v) is 15.0. The molecule has 0 bridgehead atoms. The lowest BCUT2D eigenvalue weighted by molar-refractivity contribution is 0.101. The Morgan fingerprint density at radius 3 is 2.54 bits per heavy atom. The molecule has 0 spiro atoms. The molecule has 0 saturated heterocycles. The molecule has 28 heavy (non-hydrogen) atoms. The van der Waals surface area contributed by atoms with Gasteiger partial charge < -0.3 is 9.47 Å². The standard InChI is InChI=1S/C23H16F2O3/c1-14-10-18(27-13-16-4-2-3-5-19(16)25)12-20-22(14)23(26)21(28-20)11-15-6-8-17(24)9-7-15/h2-12H,13H2,1H3/b21-11-. The van der Waals surface area contributed by atoms with Gasteiger partial charge in [0.25, 0.3) is 0 Å². The van der Waals surface area contributed by atoms with Gasteiger partial charge in [-0.1, -0.05) is 30.3 Å². The van der Waals surface area contributed by atoms with Crippen LogP contribution in [0.2, 0.25) is 0 Å². The lowest BCUT2D eigenvalue weighted by atomic mass is 10.0. The van der Waals surface area contributed by atoms with Gasteiger partial charge in [-0.15, -0.1) is 0 Å². The molecule has 0 atom stereocenters. The second kappa shape index (κ2) is 7.27. The van der Waals surface area contributed by atoms with Crippen LogP contribution in [0.5, 0.6) is 11.5 Å². The molecule has 0 unspecified atom stereocenters. The number of allylic oxidation sites excluding steroid dienone is 1. The Morgan fingerprint density at radius 1 is 1.04 bits per heavy atom. The summed E-state index contributed by atoms with van der Waals surface area (Å²) >= 11 is 0. The summed E-state index contributed by atoms with van der Waals surface area (Å²) in [6.07, 6.45) is 1.57. The van der Waals surface area contributed by atoms with Crippen LogP contribution in [0.3, 0.4) is 0 Å². The van der Waals surface area contributed by atoms with E-state index < -0.39 is 0 Å². The van der Waals surface area contributed by atoms with E-state index >= 15 is 0 Å². The molecule has 5 heteroatoms. The molecule has 0 aliphatic carbocycles. The third kappa shape index (κ3) is 3.51. The third-order valence-electron chi connectivity index (χ3n) is 4.46. The van der Waals surface area contributed by atoms with Gasteiger partial charge in [-0.05, 0) is 48.4 Å². The topological polar surface area (TPSA) is 35.5 Å². The van der Waals surface area contributed by atoms with Crippen LogP contribution in [0.4, 0.5) is 8.78 Å². The number of ketones is 1. The van der Waals surface area contributed by atoms with Crippen LogP contribution in [0.15, 0.2) is 66.4 Å². The van der Waals surface area contributed by atoms with Gasteiger partial charge in [0.1, 0.15) is 29.7 Å². The Bertz CT molecular complexity index is 1090. The quantitative estimate of drug-likeness (QED) is 0.565. The molecule has 0 fully saturated rings. The summed E-state index contributed by atoms with van der Waals surface area (Å²) < 4.78 is 38.2. The number of hydrogen-bond acceptors (Lipinski definition) is 3. The fraction of sp³-hybridized carbons (Fsp3) is 0.0870. The Hall–Kier alpha value is -3.47. The average Bonchev–Trinajstić information content (AvgIpc) is 2.99. The molecule has 0 radical (unpaired) electrons. The first kappa shape index (κ1) is 17.9. The van der Waals surface area contributed by atoms with Gasteiger partial charge in [-0.25, -0.2) is 8.78 Å². The SMILES string of the molecule is Cc1cc(OCc2ccccc2F)cc2c1C(=O)/C(=C/c1ccc(F)cc1)O2. The van der Waals surface area contributed by atoms with E-state index in [1.807, 2.05) is 0 Å². The zero-order valence-electron chi connectivity index (χ0n) is 15.0. The lowest BCUT2D eigenvalue weighted by Crippen LogP contribution is -2.00. The summed E-state index contributed by atoms with van der Waals surface area (Å²) in [6.45, 7) is 1.86. The maximum Gasteiger partial charge on any atom is 0.232 e. The molecule has 140 valence electrons. The molecule has 0 amide bonds. The van der Waals surface area contributed by atoms with Crippen molar-refractivity contribution in [3.63, 3.8) is 0 Å². The van der Waals surface area contributed by atoms with E-state index in [4.69, 9.17) is 9.47 Å². The van der Waals surface area contributed by atoms with Crippen LogP contribution < -0.4 is 9.47 Å². The number of rotatable bonds is 4. The van der Waals surface area contributed by atoms with Crippen molar-refractivity contribution >= 4 is 11.9 Å². The number of fused-ring (bicyclic) bond motifs is 1. The van der Waals surface area contributed by atoms with Crippen molar-refractivity contribution in [3.05, 3.63) is 100 Å². The summed E-state index contributed by atoms with van der Waals surface area (Å²) in [4.78, 5) is 12.7. The molecule has 0 saturated carbocycles. The van der Waals surface area contributed by atoms with E-state index in [0.717, 1.165) is 0 Å². The van der Waals surface area contributed by atoms with Crippen molar-refractivity contribution in [3.8, 4) is 11.5 Å². The molecule has 1 aliphatic rings. The number of aryl methyl sites for hydroxylation is 1. The van der Waals surface area contributed by atoms with Crippen molar-refractivity contribution in [1.29, 1.82) is 0 Å². The monoisotopic (exact) mass is 378 g/mol. The van der Waals surface area contributed by atoms with Gasteiger partial charge in [0.05, 0.1) is 5.56 Å². The van der Waals surface area contributed by atoms with Crippen molar-refractivity contribution < 1.29 is 23.0 Å². The van der Waals surface area contributed by atoms with E-state index in [9.17, 15) is 13.6 Å². The summed E-state index contributed by atoms with van der Waals surface area (Å²) in [5, 5.41) is 0. The van der Waals surface area contributed by atoms with Crippen molar-refractivity contribution in [2.45, 2.75) is 13.5 Å². The van der Waals surface area contributed by atoms with E-state index in [0.29, 0.717) is 33.8 Å². The second-order valence-electron chi connectivity index (χ2n) is 6.48. The van der Waals surface area contributed by atoms with E-state index in [-0.39, 0.29) is 29.8 Å². The summed E-state index contributed by atoms with van der Waals surface area (Å²) in [5.74, 6) is 0.110. The molecule has 3 nitrogen and oxygen atoms in total. The summed E-state index contributed by atoms with van der Waals surface area (Å²) in [5.41, 5.74) is 2.26. The highest BCUT2D eigenvalue weighted by atomic mass is 19.1. The molecular weight excluding hydrogens is 362 g/mol. The van der Waals surface area contributed by atoms with Crippen molar-refractivity contribution in [1.82, 2.24) is 0 Å². The fourth-order valence-electron chi connectivity index (χ4n) is 3.05. The molecule has 0 aromatic heterocycles. The highest BCUT2D eigenvalue weighted by Gasteiger charge is 2.30. The minimum atomic E-state index is -0.350. The van der Waals surface area contributed by atoms with Crippen LogP contribution in [-0.2, 0) is 6.61 Å². The van der Waals surface area contributed by atoms with Gasteiger partial charge >= 0.3 is 0 Å². The normalized spacial score (nSPS) is 14.1. The fourth-order valence-corrected chi connectivity index (χ4v) is 3.05. The average molecular weight is 378 g/mol. The maximum absolute atomic E-state index is 13.7. The number of hydrogen-bond donors (Lipinski definition) is 0. The van der Waals surface area contributed by atoms with E-state index in [1.54, 1.807) is 55.5 Å². The molecule has 3 aromatic rings. The minimum absolute atomic E-state index is 0.0666. The number of benzene rings is 3. The Labute approximate surface area is 160 Å². The van der Waals surface area contributed by atoms with Crippen LogP contribution >= 0.6 is 0 Å². The Morgan fingerprint density at radius 2 is 1.79 bits per heavy atom. The van der Waals surface area contributed by atoms with Crippen LogP contribution in [0.25, 0.3) is 6.08 Å². The predicted octanol–water partition coefficient (Wildman–Crippen LogP) is 5.47. The zero-order chi connectivity index (χ0) is 19.7. The first-order valence-corrected chi connectivity index (χ1v) is 8.72. The first-order valence-electron chi connectivity index (χ1n) is 8.72. The van der Waals surface area contributed by atoms with Crippen molar-refractivity contribution in [2.24, 2.45) is 0 Å². The summed E-state index contributed by atoms with van der Waals surface area (Å²) in [7, 11) is 0. The molecular formula is C23H16F2O3. The highest BCUT2D eigenvalue weighted by molar-refractivity contribution is 6.15. The number of carbonyl (C=O) groups excluding carboxylic acids is 1. The Kier molecular flexibility index (Phi) is 4.65. The number of Topliss-reactive ketones (excluding diaryl/α,β-unsaturated/α-hetero) is 1. The largest absolute Gasteiger partial charge is 0.489 e. The van der Waals surface area contributed by atoms with Gasteiger partial charge in [0.15, 0.2) is 5.76 Å².